The van der Waals surface area contributed by atoms with Crippen LogP contribution in [0.5, 0.6) is 0 Å². The summed E-state index contributed by atoms with van der Waals surface area (Å²) in [5, 5.41) is 8.81. The van der Waals surface area contributed by atoms with Crippen LogP contribution >= 0.6 is 0 Å². The van der Waals surface area contributed by atoms with Crippen LogP contribution in [-0.2, 0) is 11.2 Å². The van der Waals surface area contributed by atoms with E-state index in [-0.39, 0.29) is 6.42 Å². The highest BCUT2D eigenvalue weighted by atomic mass is 16.4. The summed E-state index contributed by atoms with van der Waals surface area (Å²) in [5.74, 6) is -0.785. The van der Waals surface area contributed by atoms with Gasteiger partial charge in [0.15, 0.2) is 0 Å². The van der Waals surface area contributed by atoms with Gasteiger partial charge in [0, 0.05) is 17.7 Å². The van der Waals surface area contributed by atoms with Crippen LogP contribution in [0.25, 0.3) is 11.1 Å². The number of carbonyl (C=O) groups is 1. The third-order valence-electron chi connectivity index (χ3n) is 3.12. The zero-order valence-electron chi connectivity index (χ0n) is 10.9. The van der Waals surface area contributed by atoms with Crippen LogP contribution in [-0.4, -0.2) is 11.1 Å². The summed E-state index contributed by atoms with van der Waals surface area (Å²) in [6.07, 6.45) is 0.640. The van der Waals surface area contributed by atoms with Crippen LogP contribution in [0.4, 0.5) is 5.69 Å². The summed E-state index contributed by atoms with van der Waals surface area (Å²) in [7, 11) is 0. The number of carboxylic acids is 1. The molecule has 0 heterocycles. The van der Waals surface area contributed by atoms with E-state index < -0.39 is 5.97 Å². The zero-order chi connectivity index (χ0) is 13.8. The minimum Gasteiger partial charge on any atom is -0.481 e. The lowest BCUT2D eigenvalue weighted by Gasteiger charge is -2.12. The van der Waals surface area contributed by atoms with Crippen molar-refractivity contribution in [3.8, 4) is 11.1 Å². The molecule has 0 saturated carbocycles. The maximum Gasteiger partial charge on any atom is 0.303 e. The molecular weight excluding hydrogens is 238 g/mol. The van der Waals surface area contributed by atoms with E-state index in [9.17, 15) is 4.79 Å². The van der Waals surface area contributed by atoms with Gasteiger partial charge in [0.25, 0.3) is 0 Å². The van der Waals surface area contributed by atoms with Gasteiger partial charge in [-0.15, -0.1) is 0 Å². The van der Waals surface area contributed by atoms with Crippen molar-refractivity contribution in [2.24, 2.45) is 0 Å². The second-order valence-corrected chi connectivity index (χ2v) is 4.64. The van der Waals surface area contributed by atoms with Gasteiger partial charge < -0.3 is 10.8 Å². The van der Waals surface area contributed by atoms with Gasteiger partial charge in [-0.3, -0.25) is 4.79 Å². The highest BCUT2D eigenvalue weighted by Gasteiger charge is 2.09. The van der Waals surface area contributed by atoms with Crippen LogP contribution in [0.2, 0.25) is 0 Å². The number of benzene rings is 2. The number of aryl methyl sites for hydroxylation is 2. The van der Waals surface area contributed by atoms with E-state index in [1.807, 2.05) is 49.4 Å². The number of nitrogen functional groups attached to an aromatic ring is 1. The summed E-state index contributed by atoms with van der Waals surface area (Å²) in [4.78, 5) is 10.7. The predicted molar refractivity (Wildman–Crippen MR) is 77.0 cm³/mol. The standard InChI is InChI=1S/C16H17NO2/c1-11-6-8-15(17)14(10-11)13-5-3-2-4-12(13)7-9-16(18)19/h2-6,8,10H,7,9,17H2,1H3,(H,18,19). The molecule has 2 rings (SSSR count). The van der Waals surface area contributed by atoms with Crippen LogP contribution < -0.4 is 5.73 Å². The van der Waals surface area contributed by atoms with Gasteiger partial charge >= 0.3 is 5.97 Å². The first kappa shape index (κ1) is 13.1. The smallest absolute Gasteiger partial charge is 0.303 e. The molecule has 0 unspecified atom stereocenters. The maximum atomic E-state index is 10.7. The number of rotatable bonds is 4. The Morgan fingerprint density at radius 3 is 2.63 bits per heavy atom. The number of nitrogens with two attached hydrogens (primary N) is 1. The second-order valence-electron chi connectivity index (χ2n) is 4.64. The first-order valence-electron chi connectivity index (χ1n) is 6.24. The van der Waals surface area contributed by atoms with Crippen LogP contribution in [0.1, 0.15) is 17.5 Å². The number of carboxylic acid groups (broad SMARTS) is 1. The van der Waals surface area contributed by atoms with E-state index in [0.717, 1.165) is 22.3 Å². The Kier molecular flexibility index (Phi) is 3.85. The van der Waals surface area contributed by atoms with Gasteiger partial charge in [0.05, 0.1) is 0 Å². The fourth-order valence-electron chi connectivity index (χ4n) is 2.15. The molecule has 98 valence electrons. The van der Waals surface area contributed by atoms with Crippen LogP contribution in [0.3, 0.4) is 0 Å². The third-order valence-corrected chi connectivity index (χ3v) is 3.12. The second kappa shape index (κ2) is 5.57. The van der Waals surface area contributed by atoms with Gasteiger partial charge in [-0.2, -0.15) is 0 Å². The molecular formula is C16H17NO2. The number of hydrogen-bond acceptors (Lipinski definition) is 2. The van der Waals surface area contributed by atoms with Crippen molar-refractivity contribution in [2.75, 3.05) is 5.73 Å². The van der Waals surface area contributed by atoms with E-state index in [1.165, 1.54) is 0 Å². The van der Waals surface area contributed by atoms with Gasteiger partial charge in [-0.05, 0) is 36.6 Å². The first-order chi connectivity index (χ1) is 9.08. The number of anilines is 1. The molecule has 0 bridgehead atoms. The monoisotopic (exact) mass is 255 g/mol. The number of aliphatic carboxylic acids is 1. The molecule has 0 aliphatic heterocycles. The van der Waals surface area contributed by atoms with E-state index in [0.29, 0.717) is 12.1 Å². The molecule has 19 heavy (non-hydrogen) atoms. The van der Waals surface area contributed by atoms with E-state index in [4.69, 9.17) is 10.8 Å². The van der Waals surface area contributed by atoms with E-state index in [1.54, 1.807) is 0 Å². The van der Waals surface area contributed by atoms with Gasteiger partial charge in [0.2, 0.25) is 0 Å². The molecule has 0 aliphatic carbocycles. The van der Waals surface area contributed by atoms with Crippen molar-refractivity contribution < 1.29 is 9.90 Å². The zero-order valence-corrected chi connectivity index (χ0v) is 10.9. The summed E-state index contributed by atoms with van der Waals surface area (Å²) in [6.45, 7) is 2.02. The molecule has 2 aromatic rings. The van der Waals surface area contributed by atoms with Gasteiger partial charge in [-0.1, -0.05) is 35.9 Å². The molecule has 2 aromatic carbocycles. The minimum atomic E-state index is -0.785. The van der Waals surface area contributed by atoms with Crippen molar-refractivity contribution >= 4 is 11.7 Å². The lowest BCUT2D eigenvalue weighted by atomic mass is 9.94. The Labute approximate surface area is 112 Å². The van der Waals surface area contributed by atoms with Crippen LogP contribution in [0.15, 0.2) is 42.5 Å². The Morgan fingerprint density at radius 1 is 1.16 bits per heavy atom. The molecule has 0 aliphatic rings. The van der Waals surface area contributed by atoms with E-state index in [2.05, 4.69) is 0 Å². The predicted octanol–water partition coefficient (Wildman–Crippen LogP) is 3.26. The minimum absolute atomic E-state index is 0.128. The molecule has 3 N–H and O–H groups in total. The van der Waals surface area contributed by atoms with Crippen molar-refractivity contribution in [1.82, 2.24) is 0 Å². The fraction of sp³-hybridized carbons (Fsp3) is 0.188. The number of hydrogen-bond donors (Lipinski definition) is 2. The summed E-state index contributed by atoms with van der Waals surface area (Å²) in [5.41, 5.74) is 10.9. The average Bonchev–Trinajstić information content (AvgIpc) is 2.39. The summed E-state index contributed by atoms with van der Waals surface area (Å²) >= 11 is 0. The van der Waals surface area contributed by atoms with Gasteiger partial charge in [0.1, 0.15) is 0 Å². The molecule has 0 radical (unpaired) electrons. The Hall–Kier alpha value is -2.29. The normalized spacial score (nSPS) is 10.4. The molecule has 0 fully saturated rings. The van der Waals surface area contributed by atoms with Crippen molar-refractivity contribution in [3.05, 3.63) is 53.6 Å². The lowest BCUT2D eigenvalue weighted by Crippen LogP contribution is -2.00. The Balaban J connectivity index is 2.43. The SMILES string of the molecule is Cc1ccc(N)c(-c2ccccc2CCC(=O)O)c1. The third kappa shape index (κ3) is 3.13. The highest BCUT2D eigenvalue weighted by Crippen LogP contribution is 2.30. The lowest BCUT2D eigenvalue weighted by molar-refractivity contribution is -0.136. The molecule has 0 atom stereocenters. The fourth-order valence-corrected chi connectivity index (χ4v) is 2.15. The van der Waals surface area contributed by atoms with Crippen molar-refractivity contribution in [3.63, 3.8) is 0 Å². The average molecular weight is 255 g/mol. The van der Waals surface area contributed by atoms with Crippen LogP contribution in [0, 0.1) is 6.92 Å². The largest absolute Gasteiger partial charge is 0.481 e. The molecule has 3 nitrogen and oxygen atoms in total. The molecule has 0 amide bonds. The quantitative estimate of drug-likeness (QED) is 0.824. The molecule has 0 spiro atoms. The topological polar surface area (TPSA) is 63.3 Å². The van der Waals surface area contributed by atoms with Gasteiger partial charge in [-0.25, -0.2) is 0 Å². The highest BCUT2D eigenvalue weighted by molar-refractivity contribution is 5.79. The summed E-state index contributed by atoms with van der Waals surface area (Å²) < 4.78 is 0. The molecule has 0 aromatic heterocycles. The van der Waals surface area contributed by atoms with E-state index >= 15 is 0 Å². The summed E-state index contributed by atoms with van der Waals surface area (Å²) in [6, 6.07) is 13.7. The maximum absolute atomic E-state index is 10.7. The van der Waals surface area contributed by atoms with Crippen molar-refractivity contribution in [1.29, 1.82) is 0 Å². The Bertz CT molecular complexity index is 605. The first-order valence-corrected chi connectivity index (χ1v) is 6.24. The molecule has 0 saturated heterocycles. The Morgan fingerprint density at radius 2 is 1.89 bits per heavy atom. The van der Waals surface area contributed by atoms with Crippen molar-refractivity contribution in [2.45, 2.75) is 19.8 Å². The molecule has 3 heteroatoms.